The van der Waals surface area contributed by atoms with Gasteiger partial charge in [0.25, 0.3) is 5.91 Å². The third-order valence-electron chi connectivity index (χ3n) is 4.25. The van der Waals surface area contributed by atoms with Gasteiger partial charge in [-0.3, -0.25) is 9.59 Å². The maximum Gasteiger partial charge on any atom is 0.326 e. The summed E-state index contributed by atoms with van der Waals surface area (Å²) in [6, 6.07) is -0.878. The molecule has 1 aliphatic carbocycles. The molecular formula is C14H21NO5. The fraction of sp³-hybridized carbons (Fsp3) is 0.786. The molecule has 0 aromatic carbocycles. The lowest BCUT2D eigenvalue weighted by Gasteiger charge is -2.37. The van der Waals surface area contributed by atoms with Crippen LogP contribution in [0.1, 0.15) is 39.5 Å². The molecule has 0 radical (unpaired) electrons. The van der Waals surface area contributed by atoms with Gasteiger partial charge in [0.05, 0.1) is 0 Å². The van der Waals surface area contributed by atoms with Gasteiger partial charge in [-0.15, -0.1) is 0 Å². The number of ether oxygens (including phenoxy) is 1. The lowest BCUT2D eigenvalue weighted by atomic mass is 9.85. The largest absolute Gasteiger partial charge is 0.480 e. The van der Waals surface area contributed by atoms with Crippen LogP contribution in [-0.2, 0) is 19.1 Å². The van der Waals surface area contributed by atoms with Crippen LogP contribution < -0.4 is 5.32 Å². The number of nitrogens with one attached hydrogen (secondary N) is 1. The van der Waals surface area contributed by atoms with Gasteiger partial charge >= 0.3 is 11.9 Å². The van der Waals surface area contributed by atoms with Crippen molar-refractivity contribution in [1.29, 1.82) is 0 Å². The van der Waals surface area contributed by atoms with Crippen molar-refractivity contribution in [2.45, 2.75) is 51.7 Å². The van der Waals surface area contributed by atoms with E-state index in [1.807, 2.05) is 13.8 Å². The Kier molecular flexibility index (Phi) is 4.30. The minimum absolute atomic E-state index is 0.00163. The van der Waals surface area contributed by atoms with Crippen LogP contribution in [0.2, 0.25) is 0 Å². The number of esters is 1. The number of carbonyl (C=O) groups excluding carboxylic acids is 2. The number of carboxylic acid groups (broad SMARTS) is 1. The first-order chi connectivity index (χ1) is 9.41. The van der Waals surface area contributed by atoms with Crippen LogP contribution in [0.25, 0.3) is 0 Å². The highest BCUT2D eigenvalue weighted by Crippen LogP contribution is 2.31. The lowest BCUT2D eigenvalue weighted by Crippen LogP contribution is -2.59. The Bertz CT molecular complexity index is 414. The van der Waals surface area contributed by atoms with Crippen molar-refractivity contribution in [2.75, 3.05) is 0 Å². The fourth-order valence-electron chi connectivity index (χ4n) is 3.07. The highest BCUT2D eigenvalue weighted by atomic mass is 16.6. The molecule has 0 bridgehead atoms. The van der Waals surface area contributed by atoms with Gasteiger partial charge in [0.15, 0.2) is 6.10 Å². The number of cyclic esters (lactones) is 1. The Labute approximate surface area is 117 Å². The van der Waals surface area contributed by atoms with Gasteiger partial charge in [-0.25, -0.2) is 4.79 Å². The predicted octanol–water partition coefficient (Wildman–Crippen LogP) is 0.944. The van der Waals surface area contributed by atoms with Gasteiger partial charge in [0, 0.05) is 0 Å². The zero-order chi connectivity index (χ0) is 14.9. The summed E-state index contributed by atoms with van der Waals surface area (Å²) in [5.41, 5.74) is 0. The Morgan fingerprint density at radius 2 is 1.90 bits per heavy atom. The molecule has 112 valence electrons. The molecule has 3 atom stereocenters. The van der Waals surface area contributed by atoms with Gasteiger partial charge in [0.1, 0.15) is 12.0 Å². The molecule has 2 N–H and O–H groups in total. The topological polar surface area (TPSA) is 92.7 Å². The second kappa shape index (κ2) is 5.81. The van der Waals surface area contributed by atoms with E-state index < -0.39 is 29.9 Å². The summed E-state index contributed by atoms with van der Waals surface area (Å²) in [6.07, 6.45) is 2.78. The standard InChI is InChI=1S/C14H21NO5/c1-7(2)9-11(20-14(9)19)12(16)15-10(13(17)18)8-5-3-4-6-8/h7-11H,3-6H2,1-2H3,(H,15,16)(H,17,18)/t9-,10-,11+/m0/s1. The highest BCUT2D eigenvalue weighted by molar-refractivity contribution is 5.95. The molecule has 1 amide bonds. The Hall–Kier alpha value is -1.59. The van der Waals surface area contributed by atoms with Crippen molar-refractivity contribution in [3.05, 3.63) is 0 Å². The van der Waals surface area contributed by atoms with Crippen molar-refractivity contribution in [3.8, 4) is 0 Å². The number of rotatable bonds is 5. The third-order valence-corrected chi connectivity index (χ3v) is 4.25. The average Bonchev–Trinajstić information content (AvgIpc) is 2.84. The number of carbonyl (C=O) groups is 3. The molecule has 0 unspecified atom stereocenters. The van der Waals surface area contributed by atoms with Crippen LogP contribution in [0.3, 0.4) is 0 Å². The highest BCUT2D eigenvalue weighted by Gasteiger charge is 2.49. The van der Waals surface area contributed by atoms with Gasteiger partial charge in [0.2, 0.25) is 0 Å². The first-order valence-corrected chi connectivity index (χ1v) is 7.15. The van der Waals surface area contributed by atoms with E-state index in [4.69, 9.17) is 4.74 Å². The summed E-state index contributed by atoms with van der Waals surface area (Å²) < 4.78 is 4.87. The summed E-state index contributed by atoms with van der Waals surface area (Å²) in [7, 11) is 0. The van der Waals surface area contributed by atoms with E-state index in [1.54, 1.807) is 0 Å². The number of hydrogen-bond donors (Lipinski definition) is 2. The first kappa shape index (κ1) is 14.8. The summed E-state index contributed by atoms with van der Waals surface area (Å²) in [5, 5.41) is 11.8. The van der Waals surface area contributed by atoms with E-state index in [1.165, 1.54) is 0 Å². The van der Waals surface area contributed by atoms with Gasteiger partial charge in [-0.05, 0) is 24.7 Å². The van der Waals surface area contributed by atoms with E-state index in [-0.39, 0.29) is 17.8 Å². The van der Waals surface area contributed by atoms with Crippen LogP contribution in [-0.4, -0.2) is 35.1 Å². The van der Waals surface area contributed by atoms with Crippen molar-refractivity contribution < 1.29 is 24.2 Å². The lowest BCUT2D eigenvalue weighted by molar-refractivity contribution is -0.193. The second-order valence-corrected chi connectivity index (χ2v) is 6.00. The fourth-order valence-corrected chi connectivity index (χ4v) is 3.07. The summed E-state index contributed by atoms with van der Waals surface area (Å²) in [5.74, 6) is -2.37. The van der Waals surface area contributed by atoms with E-state index in [2.05, 4.69) is 5.32 Å². The van der Waals surface area contributed by atoms with Crippen molar-refractivity contribution in [2.24, 2.45) is 17.8 Å². The van der Waals surface area contributed by atoms with Gasteiger partial charge in [-0.2, -0.15) is 0 Å². The van der Waals surface area contributed by atoms with Crippen molar-refractivity contribution >= 4 is 17.8 Å². The Balaban J connectivity index is 1.98. The molecule has 1 saturated carbocycles. The zero-order valence-electron chi connectivity index (χ0n) is 11.8. The SMILES string of the molecule is CC(C)[C@@H]1C(=O)O[C@H]1C(=O)N[C@H](C(=O)O)C1CCCC1. The minimum Gasteiger partial charge on any atom is -0.480 e. The van der Waals surface area contributed by atoms with Crippen LogP contribution >= 0.6 is 0 Å². The normalized spacial score (nSPS) is 27.9. The zero-order valence-corrected chi connectivity index (χ0v) is 11.8. The molecule has 1 heterocycles. The molecule has 2 aliphatic rings. The number of carboxylic acids is 1. The molecule has 0 aromatic rings. The minimum atomic E-state index is -1.02. The van der Waals surface area contributed by atoms with Gasteiger partial charge < -0.3 is 15.2 Å². The Morgan fingerprint density at radius 1 is 1.30 bits per heavy atom. The van der Waals surface area contributed by atoms with E-state index >= 15 is 0 Å². The van der Waals surface area contributed by atoms with Crippen LogP contribution in [0, 0.1) is 17.8 Å². The quantitative estimate of drug-likeness (QED) is 0.733. The van der Waals surface area contributed by atoms with Gasteiger partial charge in [-0.1, -0.05) is 26.7 Å². The van der Waals surface area contributed by atoms with Crippen LogP contribution in [0.4, 0.5) is 0 Å². The molecule has 0 spiro atoms. The van der Waals surface area contributed by atoms with Crippen molar-refractivity contribution in [3.63, 3.8) is 0 Å². The summed E-state index contributed by atoms with van der Waals surface area (Å²) in [6.45, 7) is 3.69. The molecule has 1 aliphatic heterocycles. The van der Waals surface area contributed by atoms with Crippen LogP contribution in [0.5, 0.6) is 0 Å². The molecule has 2 rings (SSSR count). The molecule has 2 fully saturated rings. The van der Waals surface area contributed by atoms with E-state index in [9.17, 15) is 19.5 Å². The molecule has 0 aromatic heterocycles. The molecule has 1 saturated heterocycles. The van der Waals surface area contributed by atoms with Crippen LogP contribution in [0.15, 0.2) is 0 Å². The molecule has 20 heavy (non-hydrogen) atoms. The smallest absolute Gasteiger partial charge is 0.326 e. The van der Waals surface area contributed by atoms with E-state index in [0.29, 0.717) is 0 Å². The second-order valence-electron chi connectivity index (χ2n) is 6.00. The average molecular weight is 283 g/mol. The maximum absolute atomic E-state index is 12.1. The third kappa shape index (κ3) is 2.78. The summed E-state index contributed by atoms with van der Waals surface area (Å²) >= 11 is 0. The van der Waals surface area contributed by atoms with Crippen molar-refractivity contribution in [1.82, 2.24) is 5.32 Å². The number of aliphatic carboxylic acids is 1. The monoisotopic (exact) mass is 283 g/mol. The number of hydrogen-bond acceptors (Lipinski definition) is 4. The maximum atomic E-state index is 12.1. The predicted molar refractivity (Wildman–Crippen MR) is 69.7 cm³/mol. The van der Waals surface area contributed by atoms with E-state index in [0.717, 1.165) is 25.7 Å². The molecule has 6 heteroatoms. The molecular weight excluding hydrogens is 262 g/mol. The molecule has 6 nitrogen and oxygen atoms in total. The number of amides is 1. The first-order valence-electron chi connectivity index (χ1n) is 7.15. The Morgan fingerprint density at radius 3 is 2.35 bits per heavy atom. The summed E-state index contributed by atoms with van der Waals surface area (Å²) in [4.78, 5) is 34.8.